The molecule has 0 unspecified atom stereocenters. The maximum absolute atomic E-state index is 12.8. The molecule has 3 rings (SSSR count). The minimum Gasteiger partial charge on any atom is -0.361 e. The van der Waals surface area contributed by atoms with E-state index in [0.29, 0.717) is 17.8 Å². The molecule has 3 heterocycles. The first kappa shape index (κ1) is 15.2. The summed E-state index contributed by atoms with van der Waals surface area (Å²) in [6.45, 7) is 1.98. The third-order valence-corrected chi connectivity index (χ3v) is 4.91. The maximum Gasteiger partial charge on any atom is 0.274 e. The van der Waals surface area contributed by atoms with E-state index < -0.39 is 0 Å². The third kappa shape index (κ3) is 2.79. The van der Waals surface area contributed by atoms with Crippen LogP contribution in [0.4, 0.5) is 5.82 Å². The third-order valence-electron chi connectivity index (χ3n) is 4.91. The van der Waals surface area contributed by atoms with Crippen LogP contribution in [0.25, 0.3) is 0 Å². The lowest BCUT2D eigenvalue weighted by Gasteiger charge is -2.33. The van der Waals surface area contributed by atoms with E-state index in [2.05, 4.69) is 22.1 Å². The van der Waals surface area contributed by atoms with Crippen LogP contribution >= 0.6 is 0 Å². The summed E-state index contributed by atoms with van der Waals surface area (Å²) in [6, 6.07) is 4.47. The Bertz CT molecular complexity index is 530. The average Bonchev–Trinajstić information content (AvgIpc) is 3.14. The maximum atomic E-state index is 12.8. The highest BCUT2D eigenvalue weighted by Crippen LogP contribution is 2.29. The zero-order valence-electron chi connectivity index (χ0n) is 13.7. The zero-order valence-corrected chi connectivity index (χ0v) is 13.7. The van der Waals surface area contributed by atoms with Crippen LogP contribution < -0.4 is 4.90 Å². The van der Waals surface area contributed by atoms with Crippen molar-refractivity contribution in [2.45, 2.75) is 37.8 Å². The average molecular weight is 303 g/mol. The number of carbonyl (C=O) groups excluding carboxylic acids is 1. The van der Waals surface area contributed by atoms with Crippen molar-refractivity contribution in [3.8, 4) is 0 Å². The van der Waals surface area contributed by atoms with Crippen LogP contribution in [0.2, 0.25) is 0 Å². The van der Waals surface area contributed by atoms with Crippen LogP contribution in [0.5, 0.6) is 0 Å². The lowest BCUT2D eigenvalue weighted by atomic mass is 10.0. The number of hydrogen-bond donors (Lipinski definition) is 0. The fraction of sp³-hybridized carbons (Fsp3) is 0.688. The molecule has 1 aromatic heterocycles. The molecular formula is C16H25N5O. The Morgan fingerprint density at radius 2 is 1.86 bits per heavy atom. The minimum atomic E-state index is 0.0283. The number of amides is 1. The first-order valence-electron chi connectivity index (χ1n) is 8.10. The van der Waals surface area contributed by atoms with Crippen LogP contribution in [-0.4, -0.2) is 72.2 Å². The van der Waals surface area contributed by atoms with Crippen molar-refractivity contribution in [1.82, 2.24) is 20.0 Å². The second kappa shape index (κ2) is 6.20. The first-order valence-corrected chi connectivity index (χ1v) is 8.10. The van der Waals surface area contributed by atoms with Gasteiger partial charge in [0, 0.05) is 32.7 Å². The van der Waals surface area contributed by atoms with Crippen LogP contribution in [0.3, 0.4) is 0 Å². The summed E-state index contributed by atoms with van der Waals surface area (Å²) >= 11 is 0. The van der Waals surface area contributed by atoms with E-state index in [1.165, 1.54) is 12.8 Å². The van der Waals surface area contributed by atoms with Gasteiger partial charge in [-0.15, -0.1) is 10.2 Å². The van der Waals surface area contributed by atoms with Crippen molar-refractivity contribution in [2.75, 3.05) is 39.1 Å². The van der Waals surface area contributed by atoms with Gasteiger partial charge in [0.15, 0.2) is 11.5 Å². The van der Waals surface area contributed by atoms with E-state index in [-0.39, 0.29) is 5.91 Å². The van der Waals surface area contributed by atoms with Gasteiger partial charge in [-0.25, -0.2) is 0 Å². The van der Waals surface area contributed by atoms with E-state index in [4.69, 9.17) is 0 Å². The highest BCUT2D eigenvalue weighted by molar-refractivity contribution is 5.92. The van der Waals surface area contributed by atoms with Gasteiger partial charge < -0.3 is 14.7 Å². The summed E-state index contributed by atoms with van der Waals surface area (Å²) in [4.78, 5) is 19.1. The van der Waals surface area contributed by atoms with E-state index in [0.717, 1.165) is 31.7 Å². The van der Waals surface area contributed by atoms with Crippen LogP contribution in [-0.2, 0) is 0 Å². The Balaban J connectivity index is 1.75. The Morgan fingerprint density at radius 3 is 2.45 bits per heavy atom. The lowest BCUT2D eigenvalue weighted by molar-refractivity contribution is 0.0657. The Morgan fingerprint density at radius 1 is 1.14 bits per heavy atom. The summed E-state index contributed by atoms with van der Waals surface area (Å²) in [5.41, 5.74) is 0.457. The fourth-order valence-electron chi connectivity index (χ4n) is 3.69. The molecule has 2 saturated heterocycles. The first-order chi connectivity index (χ1) is 10.6. The van der Waals surface area contributed by atoms with Crippen LogP contribution in [0.15, 0.2) is 12.1 Å². The molecule has 2 aliphatic heterocycles. The number of nitrogens with zero attached hydrogens (tertiary/aromatic N) is 5. The van der Waals surface area contributed by atoms with E-state index in [1.807, 2.05) is 30.0 Å². The Kier molecular flexibility index (Phi) is 4.29. The molecule has 6 nitrogen and oxygen atoms in total. The van der Waals surface area contributed by atoms with Gasteiger partial charge in [0.2, 0.25) is 0 Å². The molecule has 0 aliphatic carbocycles. The highest BCUT2D eigenvalue weighted by Gasteiger charge is 2.39. The smallest absolute Gasteiger partial charge is 0.274 e. The summed E-state index contributed by atoms with van der Waals surface area (Å²) in [7, 11) is 6.00. The summed E-state index contributed by atoms with van der Waals surface area (Å²) in [5.74, 6) is 0.797. The SMILES string of the molecule is CN(C)c1ccc(C(=O)N2CCC[C@H]2[C@H]2CCCN2C)nn1. The quantitative estimate of drug-likeness (QED) is 0.841. The van der Waals surface area contributed by atoms with E-state index in [1.54, 1.807) is 6.07 Å². The molecule has 0 spiro atoms. The zero-order chi connectivity index (χ0) is 15.7. The summed E-state index contributed by atoms with van der Waals surface area (Å²) in [6.07, 6.45) is 4.61. The molecule has 2 fully saturated rings. The van der Waals surface area contributed by atoms with Crippen molar-refractivity contribution in [2.24, 2.45) is 0 Å². The van der Waals surface area contributed by atoms with Crippen molar-refractivity contribution in [1.29, 1.82) is 0 Å². The molecule has 22 heavy (non-hydrogen) atoms. The van der Waals surface area contributed by atoms with Gasteiger partial charge in [-0.1, -0.05) is 0 Å². The van der Waals surface area contributed by atoms with Crippen molar-refractivity contribution in [3.05, 3.63) is 17.8 Å². The molecule has 0 aromatic carbocycles. The summed E-state index contributed by atoms with van der Waals surface area (Å²) in [5, 5.41) is 8.25. The van der Waals surface area contributed by atoms with Gasteiger partial charge in [-0.2, -0.15) is 0 Å². The number of aromatic nitrogens is 2. The molecule has 0 saturated carbocycles. The predicted octanol–water partition coefficient (Wildman–Crippen LogP) is 1.24. The van der Waals surface area contributed by atoms with Crippen molar-refractivity contribution >= 4 is 11.7 Å². The fourth-order valence-corrected chi connectivity index (χ4v) is 3.69. The normalized spacial score (nSPS) is 25.7. The van der Waals surface area contributed by atoms with Gasteiger partial charge in [0.1, 0.15) is 0 Å². The molecule has 6 heteroatoms. The van der Waals surface area contributed by atoms with Gasteiger partial charge in [0.05, 0.1) is 0 Å². The molecule has 2 atom stereocenters. The number of rotatable bonds is 3. The Hall–Kier alpha value is -1.69. The summed E-state index contributed by atoms with van der Waals surface area (Å²) < 4.78 is 0. The standard InChI is InChI=1S/C16H25N5O/c1-19(2)15-9-8-12(17-18-15)16(22)21-11-5-7-14(21)13-6-4-10-20(13)3/h8-9,13-14H,4-7,10-11H2,1-3H3/t13-,14+/m1/s1. The van der Waals surface area contributed by atoms with Crippen molar-refractivity contribution < 1.29 is 4.79 Å². The number of likely N-dealkylation sites (N-methyl/N-ethyl adjacent to an activating group) is 1. The van der Waals surface area contributed by atoms with Crippen LogP contribution in [0.1, 0.15) is 36.2 Å². The predicted molar refractivity (Wildman–Crippen MR) is 86.1 cm³/mol. The molecule has 0 radical (unpaired) electrons. The highest BCUT2D eigenvalue weighted by atomic mass is 16.2. The van der Waals surface area contributed by atoms with Gasteiger partial charge in [0.25, 0.3) is 5.91 Å². The molecule has 2 aliphatic rings. The number of likely N-dealkylation sites (tertiary alicyclic amines) is 2. The number of carbonyl (C=O) groups is 1. The monoisotopic (exact) mass is 303 g/mol. The molecule has 1 amide bonds. The number of anilines is 1. The minimum absolute atomic E-state index is 0.0283. The molecule has 0 N–H and O–H groups in total. The molecular weight excluding hydrogens is 278 g/mol. The second-order valence-electron chi connectivity index (χ2n) is 6.57. The van der Waals surface area contributed by atoms with E-state index in [9.17, 15) is 4.79 Å². The lowest BCUT2D eigenvalue weighted by Crippen LogP contribution is -2.47. The Labute approximate surface area is 132 Å². The number of hydrogen-bond acceptors (Lipinski definition) is 5. The molecule has 1 aromatic rings. The van der Waals surface area contributed by atoms with Gasteiger partial charge >= 0.3 is 0 Å². The van der Waals surface area contributed by atoms with Gasteiger partial charge in [-0.05, 0) is 51.4 Å². The van der Waals surface area contributed by atoms with E-state index >= 15 is 0 Å². The van der Waals surface area contributed by atoms with Gasteiger partial charge in [-0.3, -0.25) is 4.79 Å². The molecule has 0 bridgehead atoms. The second-order valence-corrected chi connectivity index (χ2v) is 6.57. The molecule has 120 valence electrons. The van der Waals surface area contributed by atoms with Crippen LogP contribution in [0, 0.1) is 0 Å². The topological polar surface area (TPSA) is 52.6 Å². The largest absolute Gasteiger partial charge is 0.361 e. The van der Waals surface area contributed by atoms with Crippen molar-refractivity contribution in [3.63, 3.8) is 0 Å².